The summed E-state index contributed by atoms with van der Waals surface area (Å²) in [5.41, 5.74) is 4.17. The maximum atomic E-state index is 9.52. The molecule has 4 rings (SSSR count). The highest BCUT2D eigenvalue weighted by molar-refractivity contribution is 7.11. The van der Waals surface area contributed by atoms with Gasteiger partial charge in [-0.25, -0.2) is 0 Å². The molecule has 26 heavy (non-hydrogen) atoms. The lowest BCUT2D eigenvalue weighted by molar-refractivity contribution is 0.475. The molecule has 1 heterocycles. The second-order valence-corrected chi connectivity index (χ2v) is 6.71. The average Bonchev–Trinajstić information content (AvgIpc) is 3.19. The molecule has 0 bridgehead atoms. The van der Waals surface area contributed by atoms with Gasteiger partial charge in [-0.05, 0) is 52.8 Å². The normalized spacial score (nSPS) is 11.5. The second-order valence-electron chi connectivity index (χ2n) is 5.87. The Morgan fingerprint density at radius 1 is 0.808 bits per heavy atom. The van der Waals surface area contributed by atoms with Crippen molar-refractivity contribution in [3.63, 3.8) is 0 Å². The van der Waals surface area contributed by atoms with Crippen molar-refractivity contribution in [3.05, 3.63) is 107 Å². The quantitative estimate of drug-likeness (QED) is 0.330. The summed E-state index contributed by atoms with van der Waals surface area (Å²) in [6, 6.07) is 27.4. The minimum Gasteiger partial charge on any atom is -0.508 e. The van der Waals surface area contributed by atoms with Gasteiger partial charge in [-0.1, -0.05) is 60.7 Å². The summed E-state index contributed by atoms with van der Waals surface area (Å²) in [5, 5.41) is 12.4. The Bertz CT molecular complexity index is 1020. The molecule has 0 aliphatic carbocycles. The highest BCUT2D eigenvalue weighted by Crippen LogP contribution is 2.34. The average molecular weight is 357 g/mol. The van der Waals surface area contributed by atoms with Gasteiger partial charge in [0.1, 0.15) is 11.1 Å². The Morgan fingerprint density at radius 3 is 2.15 bits per heavy atom. The summed E-state index contributed by atoms with van der Waals surface area (Å²) in [5.74, 6) is 1.12. The molecule has 0 atom stereocenters. The third kappa shape index (κ3) is 3.58. The fourth-order valence-corrected chi connectivity index (χ4v) is 3.56. The highest BCUT2D eigenvalue weighted by Gasteiger charge is 2.24. The van der Waals surface area contributed by atoms with Crippen LogP contribution in [0, 0.1) is 0 Å². The smallest absolute Gasteiger partial charge is 0.418 e. The molecular formula is C23H17O2S+. The molecule has 0 saturated carbocycles. The monoisotopic (exact) mass is 357 g/mol. The molecular weight excluding hydrogens is 340 g/mol. The first-order valence-electron chi connectivity index (χ1n) is 8.33. The largest absolute Gasteiger partial charge is 0.508 e. The van der Waals surface area contributed by atoms with Crippen LogP contribution in [0.3, 0.4) is 0 Å². The standard InChI is InChI=1S/C23H16O2S/c24-20-13-11-17(12-14-20)15-21(18-7-3-1-4-8-18)23-25-22(16-26-23)19-9-5-2-6-10-19/h1-16H/p+1/b21-15+. The number of rotatable bonds is 4. The zero-order valence-electron chi connectivity index (χ0n) is 14.0. The number of hydrogen-bond donors (Lipinski definition) is 1. The minimum atomic E-state index is 0.260. The van der Waals surface area contributed by atoms with Crippen LogP contribution in [0.4, 0.5) is 0 Å². The van der Waals surface area contributed by atoms with Gasteiger partial charge in [-0.3, -0.25) is 0 Å². The predicted molar refractivity (Wildman–Crippen MR) is 108 cm³/mol. The van der Waals surface area contributed by atoms with E-state index in [4.69, 9.17) is 4.42 Å². The summed E-state index contributed by atoms with van der Waals surface area (Å²) < 4.78 is 6.18. The van der Waals surface area contributed by atoms with Gasteiger partial charge in [0, 0.05) is 0 Å². The summed E-state index contributed by atoms with van der Waals surface area (Å²) in [6.45, 7) is 0. The van der Waals surface area contributed by atoms with Crippen LogP contribution >= 0.6 is 11.3 Å². The molecule has 0 saturated heterocycles. The number of benzene rings is 3. The first-order chi connectivity index (χ1) is 12.8. The molecule has 3 aromatic carbocycles. The maximum Gasteiger partial charge on any atom is 0.418 e. The van der Waals surface area contributed by atoms with Gasteiger partial charge in [0.15, 0.2) is 0 Å². The van der Waals surface area contributed by atoms with E-state index in [1.165, 1.54) is 0 Å². The lowest BCUT2D eigenvalue weighted by Gasteiger charge is -2.00. The van der Waals surface area contributed by atoms with Crippen molar-refractivity contribution in [3.8, 4) is 17.1 Å². The molecule has 1 N–H and O–H groups in total. The molecule has 2 nitrogen and oxygen atoms in total. The van der Waals surface area contributed by atoms with Gasteiger partial charge >= 0.3 is 10.8 Å². The zero-order chi connectivity index (χ0) is 17.8. The molecule has 3 heteroatoms. The first kappa shape index (κ1) is 16.3. The van der Waals surface area contributed by atoms with Gasteiger partial charge in [0.05, 0.1) is 11.1 Å². The van der Waals surface area contributed by atoms with Crippen molar-refractivity contribution < 1.29 is 9.52 Å². The fraction of sp³-hybridized carbons (Fsp3) is 0. The Kier molecular flexibility index (Phi) is 4.63. The molecule has 0 aliphatic heterocycles. The lowest BCUT2D eigenvalue weighted by Crippen LogP contribution is -1.85. The summed E-state index contributed by atoms with van der Waals surface area (Å²) >= 11 is 1.59. The third-order valence-corrected chi connectivity index (χ3v) is 4.89. The van der Waals surface area contributed by atoms with Crippen molar-refractivity contribution in [2.24, 2.45) is 0 Å². The first-order valence-corrected chi connectivity index (χ1v) is 9.21. The summed E-state index contributed by atoms with van der Waals surface area (Å²) in [4.78, 5) is 0. The Labute approximate surface area is 156 Å². The molecule has 4 aromatic rings. The molecule has 0 aliphatic rings. The van der Waals surface area contributed by atoms with E-state index in [0.29, 0.717) is 0 Å². The Balaban J connectivity index is 1.79. The lowest BCUT2D eigenvalue weighted by atomic mass is 10.0. The van der Waals surface area contributed by atoms with Gasteiger partial charge < -0.3 is 5.11 Å². The molecule has 126 valence electrons. The van der Waals surface area contributed by atoms with E-state index in [1.807, 2.05) is 66.0 Å². The van der Waals surface area contributed by atoms with Crippen LogP contribution in [0.1, 0.15) is 16.2 Å². The Hall–Kier alpha value is -3.17. The van der Waals surface area contributed by atoms with E-state index >= 15 is 0 Å². The van der Waals surface area contributed by atoms with E-state index in [2.05, 4.69) is 18.2 Å². The van der Waals surface area contributed by atoms with Crippen LogP contribution in [0.5, 0.6) is 5.75 Å². The van der Waals surface area contributed by atoms with Crippen molar-refractivity contribution in [2.75, 3.05) is 0 Å². The van der Waals surface area contributed by atoms with Crippen LogP contribution < -0.4 is 0 Å². The summed E-state index contributed by atoms with van der Waals surface area (Å²) in [7, 11) is 0. The SMILES string of the molecule is Oc1ccc(/C=C(\c2ccccc2)c2[o+]c(-c3ccccc3)cs2)cc1. The predicted octanol–water partition coefficient (Wildman–Crippen LogP) is 6.58. The van der Waals surface area contributed by atoms with Crippen molar-refractivity contribution >= 4 is 23.0 Å². The van der Waals surface area contributed by atoms with Crippen LogP contribution in [0.15, 0.2) is 94.7 Å². The second kappa shape index (κ2) is 7.38. The van der Waals surface area contributed by atoms with E-state index < -0.39 is 0 Å². The minimum absolute atomic E-state index is 0.260. The molecule has 0 radical (unpaired) electrons. The fourth-order valence-electron chi connectivity index (χ4n) is 2.72. The number of phenols is 1. The number of phenolic OH excluding ortho intramolecular Hbond substituents is 1. The third-order valence-electron chi connectivity index (χ3n) is 4.04. The van der Waals surface area contributed by atoms with Gasteiger partial charge in [0.25, 0.3) is 0 Å². The Morgan fingerprint density at radius 2 is 1.46 bits per heavy atom. The molecule has 1 aromatic heterocycles. The molecule has 0 spiro atoms. The molecule has 0 amide bonds. The number of aromatic hydroxyl groups is 1. The summed E-state index contributed by atoms with van der Waals surface area (Å²) in [6.07, 6.45) is 2.08. The van der Waals surface area contributed by atoms with Gasteiger partial charge in [-0.15, -0.1) is 0 Å². The van der Waals surface area contributed by atoms with E-state index in [9.17, 15) is 5.11 Å². The van der Waals surface area contributed by atoms with Crippen molar-refractivity contribution in [2.45, 2.75) is 0 Å². The van der Waals surface area contributed by atoms with Gasteiger partial charge in [-0.2, -0.15) is 4.42 Å². The maximum absolute atomic E-state index is 9.52. The van der Waals surface area contributed by atoms with E-state index in [1.54, 1.807) is 23.5 Å². The van der Waals surface area contributed by atoms with Crippen LogP contribution in [0.2, 0.25) is 0 Å². The number of hydrogen-bond acceptors (Lipinski definition) is 2. The van der Waals surface area contributed by atoms with Crippen molar-refractivity contribution in [1.29, 1.82) is 0 Å². The molecule has 0 unspecified atom stereocenters. The van der Waals surface area contributed by atoms with Gasteiger partial charge in [0.2, 0.25) is 0 Å². The van der Waals surface area contributed by atoms with Crippen LogP contribution in [0.25, 0.3) is 23.0 Å². The van der Waals surface area contributed by atoms with E-state index in [0.717, 1.165) is 33.1 Å². The molecule has 0 fully saturated rings. The van der Waals surface area contributed by atoms with E-state index in [-0.39, 0.29) is 5.75 Å². The highest BCUT2D eigenvalue weighted by atomic mass is 32.1. The van der Waals surface area contributed by atoms with Crippen LogP contribution in [-0.2, 0) is 0 Å². The zero-order valence-corrected chi connectivity index (χ0v) is 14.8. The van der Waals surface area contributed by atoms with Crippen LogP contribution in [-0.4, -0.2) is 5.11 Å². The van der Waals surface area contributed by atoms with Crippen molar-refractivity contribution in [1.82, 2.24) is 0 Å². The topological polar surface area (TPSA) is 31.5 Å².